The summed E-state index contributed by atoms with van der Waals surface area (Å²) in [6.45, 7) is 4.29. The zero-order valence-corrected chi connectivity index (χ0v) is 8.78. The van der Waals surface area contributed by atoms with Crippen LogP contribution in [0, 0.1) is 0 Å². The van der Waals surface area contributed by atoms with Crippen LogP contribution in [0.3, 0.4) is 0 Å². The average Bonchev–Trinajstić information content (AvgIpc) is 2.08. The lowest BCUT2D eigenvalue weighted by Crippen LogP contribution is -1.91. The van der Waals surface area contributed by atoms with Crippen molar-refractivity contribution in [3.63, 3.8) is 0 Å². The van der Waals surface area contributed by atoms with Crippen LogP contribution in [-0.4, -0.2) is 0 Å². The molecule has 0 spiro atoms. The summed E-state index contributed by atoms with van der Waals surface area (Å²) in [4.78, 5) is 0. The molecule has 0 saturated carbocycles. The number of hydrogen-bond acceptors (Lipinski definition) is 0. The minimum atomic E-state index is 0.483. The molecule has 0 amide bonds. The molecular formula is C10H12Cl2. The summed E-state index contributed by atoms with van der Waals surface area (Å²) < 4.78 is 0. The van der Waals surface area contributed by atoms with E-state index < -0.39 is 0 Å². The number of hydrogen-bond donors (Lipinski definition) is 0. The first-order chi connectivity index (χ1) is 5.65. The summed E-state index contributed by atoms with van der Waals surface area (Å²) in [5, 5.41) is 1.57. The summed E-state index contributed by atoms with van der Waals surface area (Å²) in [7, 11) is 0. The van der Waals surface area contributed by atoms with Crippen LogP contribution in [0.15, 0.2) is 18.2 Å². The molecule has 0 aliphatic rings. The number of benzene rings is 1. The van der Waals surface area contributed by atoms with Gasteiger partial charge >= 0.3 is 0 Å². The Kier molecular flexibility index (Phi) is 3.42. The van der Waals surface area contributed by atoms with Gasteiger partial charge in [-0.25, -0.2) is 0 Å². The first-order valence-electron chi connectivity index (χ1n) is 4.10. The molecular weight excluding hydrogens is 191 g/mol. The Morgan fingerprint density at radius 3 is 2.58 bits per heavy atom. The van der Waals surface area contributed by atoms with E-state index in [1.54, 1.807) is 0 Å². The van der Waals surface area contributed by atoms with Gasteiger partial charge in [-0.1, -0.05) is 37.0 Å². The Balaban J connectivity index is 3.04. The molecule has 1 aromatic rings. The average molecular weight is 203 g/mol. The molecule has 12 heavy (non-hydrogen) atoms. The molecule has 1 unspecified atom stereocenters. The van der Waals surface area contributed by atoms with Gasteiger partial charge in [-0.05, 0) is 36.1 Å². The van der Waals surface area contributed by atoms with Crippen molar-refractivity contribution in [2.24, 2.45) is 0 Å². The van der Waals surface area contributed by atoms with Gasteiger partial charge < -0.3 is 0 Å². The second-order valence-electron chi connectivity index (χ2n) is 2.98. The Hall–Kier alpha value is -0.200. The van der Waals surface area contributed by atoms with E-state index in [9.17, 15) is 0 Å². The van der Waals surface area contributed by atoms with Gasteiger partial charge in [0.05, 0.1) is 0 Å². The van der Waals surface area contributed by atoms with Gasteiger partial charge in [0.25, 0.3) is 0 Å². The SMILES string of the molecule is CCC(C)c1cc(Cl)ccc1Cl. The van der Waals surface area contributed by atoms with Crippen molar-refractivity contribution in [1.82, 2.24) is 0 Å². The van der Waals surface area contributed by atoms with Crippen molar-refractivity contribution >= 4 is 23.2 Å². The Labute approximate surface area is 83.5 Å². The summed E-state index contributed by atoms with van der Waals surface area (Å²) >= 11 is 11.9. The molecule has 1 atom stereocenters. The summed E-state index contributed by atoms with van der Waals surface area (Å²) in [5.41, 5.74) is 1.15. The fraction of sp³-hybridized carbons (Fsp3) is 0.400. The molecule has 1 rings (SSSR count). The van der Waals surface area contributed by atoms with Gasteiger partial charge in [-0.3, -0.25) is 0 Å². The number of rotatable bonds is 2. The summed E-state index contributed by atoms with van der Waals surface area (Å²) in [6, 6.07) is 5.61. The summed E-state index contributed by atoms with van der Waals surface area (Å²) in [5.74, 6) is 0.483. The first-order valence-corrected chi connectivity index (χ1v) is 4.85. The smallest absolute Gasteiger partial charge is 0.0441 e. The van der Waals surface area contributed by atoms with E-state index in [-0.39, 0.29) is 0 Å². The topological polar surface area (TPSA) is 0 Å². The molecule has 0 bridgehead atoms. The van der Waals surface area contributed by atoms with E-state index in [0.717, 1.165) is 22.0 Å². The molecule has 0 aliphatic heterocycles. The van der Waals surface area contributed by atoms with E-state index >= 15 is 0 Å². The third-order valence-corrected chi connectivity index (χ3v) is 2.68. The van der Waals surface area contributed by atoms with Crippen molar-refractivity contribution < 1.29 is 0 Å². The second kappa shape index (κ2) is 4.15. The fourth-order valence-electron chi connectivity index (χ4n) is 1.11. The molecule has 66 valence electrons. The van der Waals surface area contributed by atoms with Crippen LogP contribution in [0.4, 0.5) is 0 Å². The van der Waals surface area contributed by atoms with Crippen molar-refractivity contribution in [2.45, 2.75) is 26.2 Å². The van der Waals surface area contributed by atoms with Gasteiger partial charge in [0.1, 0.15) is 0 Å². The van der Waals surface area contributed by atoms with Gasteiger partial charge in [0, 0.05) is 10.0 Å². The van der Waals surface area contributed by atoms with E-state index in [4.69, 9.17) is 23.2 Å². The lowest BCUT2D eigenvalue weighted by molar-refractivity contribution is 0.734. The Morgan fingerprint density at radius 1 is 1.33 bits per heavy atom. The van der Waals surface area contributed by atoms with Gasteiger partial charge in [0.2, 0.25) is 0 Å². The third-order valence-electron chi connectivity index (χ3n) is 2.10. The van der Waals surface area contributed by atoms with Crippen LogP contribution in [0.2, 0.25) is 10.0 Å². The molecule has 0 saturated heterocycles. The maximum absolute atomic E-state index is 6.01. The quantitative estimate of drug-likeness (QED) is 0.663. The molecule has 0 aromatic heterocycles. The molecule has 0 aliphatic carbocycles. The van der Waals surface area contributed by atoms with E-state index in [2.05, 4.69) is 13.8 Å². The van der Waals surface area contributed by atoms with Crippen molar-refractivity contribution in [1.29, 1.82) is 0 Å². The maximum Gasteiger partial charge on any atom is 0.0441 e. The highest BCUT2D eigenvalue weighted by Crippen LogP contribution is 2.28. The molecule has 0 nitrogen and oxygen atoms in total. The predicted molar refractivity (Wildman–Crippen MR) is 55.2 cm³/mol. The largest absolute Gasteiger partial charge is 0.0843 e. The molecule has 0 heterocycles. The first kappa shape index (κ1) is 9.88. The lowest BCUT2D eigenvalue weighted by atomic mass is 9.99. The normalized spacial score (nSPS) is 13.0. The van der Waals surface area contributed by atoms with Crippen molar-refractivity contribution in [3.8, 4) is 0 Å². The number of halogens is 2. The lowest BCUT2D eigenvalue weighted by Gasteiger charge is -2.10. The molecule has 2 heteroatoms. The second-order valence-corrected chi connectivity index (χ2v) is 3.82. The minimum Gasteiger partial charge on any atom is -0.0843 e. The van der Waals surface area contributed by atoms with Crippen molar-refractivity contribution in [2.75, 3.05) is 0 Å². The predicted octanol–water partition coefficient (Wildman–Crippen LogP) is 4.51. The van der Waals surface area contributed by atoms with Crippen LogP contribution in [-0.2, 0) is 0 Å². The van der Waals surface area contributed by atoms with Crippen LogP contribution in [0.1, 0.15) is 31.7 Å². The standard InChI is InChI=1S/C10H12Cl2/c1-3-7(2)9-6-8(11)4-5-10(9)12/h4-7H,3H2,1-2H3. The molecule has 0 fully saturated rings. The minimum absolute atomic E-state index is 0.483. The maximum atomic E-state index is 6.01. The van der Waals surface area contributed by atoms with Crippen LogP contribution < -0.4 is 0 Å². The zero-order valence-electron chi connectivity index (χ0n) is 7.27. The third kappa shape index (κ3) is 2.15. The fourth-order valence-corrected chi connectivity index (χ4v) is 1.60. The molecule has 1 aromatic carbocycles. The van der Waals surface area contributed by atoms with Crippen molar-refractivity contribution in [3.05, 3.63) is 33.8 Å². The van der Waals surface area contributed by atoms with E-state index in [1.165, 1.54) is 0 Å². The van der Waals surface area contributed by atoms with Crippen LogP contribution >= 0.6 is 23.2 Å². The van der Waals surface area contributed by atoms with E-state index in [0.29, 0.717) is 5.92 Å². The Bertz CT molecular complexity index is 269. The van der Waals surface area contributed by atoms with Crippen LogP contribution in [0.25, 0.3) is 0 Å². The van der Waals surface area contributed by atoms with Crippen LogP contribution in [0.5, 0.6) is 0 Å². The monoisotopic (exact) mass is 202 g/mol. The highest BCUT2D eigenvalue weighted by atomic mass is 35.5. The van der Waals surface area contributed by atoms with Gasteiger partial charge in [0.15, 0.2) is 0 Å². The van der Waals surface area contributed by atoms with Gasteiger partial charge in [-0.2, -0.15) is 0 Å². The molecule has 0 N–H and O–H groups in total. The summed E-state index contributed by atoms with van der Waals surface area (Å²) in [6.07, 6.45) is 1.08. The van der Waals surface area contributed by atoms with E-state index in [1.807, 2.05) is 18.2 Å². The molecule has 0 radical (unpaired) electrons. The highest BCUT2D eigenvalue weighted by Gasteiger charge is 2.07. The highest BCUT2D eigenvalue weighted by molar-refractivity contribution is 6.33. The zero-order chi connectivity index (χ0) is 9.14. The van der Waals surface area contributed by atoms with Gasteiger partial charge in [-0.15, -0.1) is 0 Å². The Morgan fingerprint density at radius 2 is 2.00 bits per heavy atom.